The van der Waals surface area contributed by atoms with Gasteiger partial charge < -0.3 is 10.6 Å². The molecule has 0 spiro atoms. The molecule has 0 unspecified atom stereocenters. The maximum Gasteiger partial charge on any atom is 0.251 e. The Morgan fingerprint density at radius 2 is 2.00 bits per heavy atom. The van der Waals surface area contributed by atoms with Crippen molar-refractivity contribution < 1.29 is 13.6 Å². The number of hydrogen-bond acceptors (Lipinski definition) is 3. The van der Waals surface area contributed by atoms with Crippen LogP contribution in [-0.2, 0) is 4.79 Å². The van der Waals surface area contributed by atoms with Gasteiger partial charge in [-0.15, -0.1) is 0 Å². The molecule has 1 aliphatic heterocycles. The lowest BCUT2D eigenvalue weighted by atomic mass is 10.0. The van der Waals surface area contributed by atoms with E-state index < -0.39 is 12.5 Å². The molecule has 112 valence electrons. The van der Waals surface area contributed by atoms with Crippen molar-refractivity contribution in [3.63, 3.8) is 0 Å². The van der Waals surface area contributed by atoms with Crippen molar-refractivity contribution in [1.29, 1.82) is 0 Å². The Labute approximate surface area is 113 Å². The average molecular weight is 277 g/mol. The molecule has 1 rings (SSSR count). The van der Waals surface area contributed by atoms with Crippen LogP contribution in [-0.4, -0.2) is 60.4 Å². The van der Waals surface area contributed by atoms with Gasteiger partial charge in [-0.05, 0) is 12.3 Å². The van der Waals surface area contributed by atoms with E-state index in [-0.39, 0.29) is 24.4 Å². The first-order valence-corrected chi connectivity index (χ1v) is 6.93. The molecule has 1 amide bonds. The summed E-state index contributed by atoms with van der Waals surface area (Å²) >= 11 is 0. The molecule has 1 heterocycles. The van der Waals surface area contributed by atoms with Gasteiger partial charge in [0.15, 0.2) is 0 Å². The van der Waals surface area contributed by atoms with E-state index in [0.29, 0.717) is 19.6 Å². The Kier molecular flexibility index (Phi) is 6.13. The van der Waals surface area contributed by atoms with Crippen LogP contribution in [0.25, 0.3) is 0 Å². The normalized spacial score (nSPS) is 23.2. The first-order chi connectivity index (χ1) is 8.86. The van der Waals surface area contributed by atoms with Crippen LogP contribution in [0.1, 0.15) is 27.2 Å². The molecule has 1 saturated heterocycles. The summed E-state index contributed by atoms with van der Waals surface area (Å²) in [6.45, 7) is 7.06. The third kappa shape index (κ3) is 4.38. The highest BCUT2D eigenvalue weighted by Crippen LogP contribution is 2.16. The monoisotopic (exact) mass is 277 g/mol. The van der Waals surface area contributed by atoms with E-state index >= 15 is 0 Å². The maximum atomic E-state index is 12.5. The summed E-state index contributed by atoms with van der Waals surface area (Å²) < 4.78 is 25.0. The van der Waals surface area contributed by atoms with E-state index in [1.807, 2.05) is 20.8 Å². The van der Waals surface area contributed by atoms with Gasteiger partial charge in [0.25, 0.3) is 6.43 Å². The summed E-state index contributed by atoms with van der Waals surface area (Å²) in [7, 11) is 0. The van der Waals surface area contributed by atoms with Crippen molar-refractivity contribution in [3.8, 4) is 0 Å². The molecule has 6 heteroatoms. The van der Waals surface area contributed by atoms with Gasteiger partial charge >= 0.3 is 0 Å². The Morgan fingerprint density at radius 1 is 1.37 bits per heavy atom. The molecule has 2 N–H and O–H groups in total. The highest BCUT2D eigenvalue weighted by molar-refractivity contribution is 5.82. The van der Waals surface area contributed by atoms with Crippen molar-refractivity contribution in [2.45, 2.75) is 45.7 Å². The minimum atomic E-state index is -2.32. The smallest absolute Gasteiger partial charge is 0.251 e. The molecule has 1 aliphatic rings. The van der Waals surface area contributed by atoms with Crippen molar-refractivity contribution in [1.82, 2.24) is 9.80 Å². The molecule has 0 saturated carbocycles. The average Bonchev–Trinajstić information content (AvgIpc) is 2.36. The number of piperazine rings is 1. The van der Waals surface area contributed by atoms with Crippen molar-refractivity contribution >= 4 is 5.91 Å². The van der Waals surface area contributed by atoms with E-state index in [4.69, 9.17) is 5.73 Å². The molecule has 0 bridgehead atoms. The van der Waals surface area contributed by atoms with E-state index in [2.05, 4.69) is 0 Å². The summed E-state index contributed by atoms with van der Waals surface area (Å²) in [5.74, 6) is 0.0248. The fourth-order valence-electron chi connectivity index (χ4n) is 2.39. The summed E-state index contributed by atoms with van der Waals surface area (Å²) in [4.78, 5) is 15.7. The summed E-state index contributed by atoms with van der Waals surface area (Å²) in [5, 5.41) is 0. The Hall–Kier alpha value is -0.750. The first-order valence-electron chi connectivity index (χ1n) is 6.93. The minimum Gasteiger partial charge on any atom is -0.338 e. The van der Waals surface area contributed by atoms with Gasteiger partial charge in [0.05, 0.1) is 12.6 Å². The number of halogens is 2. The van der Waals surface area contributed by atoms with Crippen molar-refractivity contribution in [2.24, 2.45) is 11.7 Å². The number of nitrogens with zero attached hydrogens (tertiary/aromatic N) is 2. The van der Waals surface area contributed by atoms with Gasteiger partial charge in [-0.25, -0.2) is 8.78 Å². The third-order valence-electron chi connectivity index (χ3n) is 3.76. The Balaban J connectivity index is 2.61. The zero-order valence-corrected chi connectivity index (χ0v) is 12.0. The predicted octanol–water partition coefficient (Wildman–Crippen LogP) is 1.16. The number of rotatable bonds is 5. The van der Waals surface area contributed by atoms with E-state index in [9.17, 15) is 13.6 Å². The quantitative estimate of drug-likeness (QED) is 0.820. The van der Waals surface area contributed by atoms with Gasteiger partial charge in [-0.2, -0.15) is 0 Å². The number of amides is 1. The molecule has 0 aromatic heterocycles. The second kappa shape index (κ2) is 7.14. The van der Waals surface area contributed by atoms with Crippen LogP contribution in [0, 0.1) is 5.92 Å². The largest absolute Gasteiger partial charge is 0.338 e. The van der Waals surface area contributed by atoms with Crippen molar-refractivity contribution in [3.05, 3.63) is 0 Å². The molecular formula is C13H25F2N3O. The first kappa shape index (κ1) is 16.3. The van der Waals surface area contributed by atoms with Crippen LogP contribution in [0.5, 0.6) is 0 Å². The second-order valence-corrected chi connectivity index (χ2v) is 5.50. The van der Waals surface area contributed by atoms with E-state index in [0.717, 1.165) is 6.42 Å². The fraction of sp³-hybridized carbons (Fsp3) is 0.923. The van der Waals surface area contributed by atoms with Crippen LogP contribution < -0.4 is 5.73 Å². The van der Waals surface area contributed by atoms with Gasteiger partial charge in [0, 0.05) is 25.7 Å². The lowest BCUT2D eigenvalue weighted by Crippen LogP contribution is -2.58. The lowest BCUT2D eigenvalue weighted by molar-refractivity contribution is -0.137. The maximum absolute atomic E-state index is 12.5. The molecule has 19 heavy (non-hydrogen) atoms. The van der Waals surface area contributed by atoms with Crippen LogP contribution >= 0.6 is 0 Å². The summed E-state index contributed by atoms with van der Waals surface area (Å²) in [6.07, 6.45) is -1.57. The minimum absolute atomic E-state index is 0.00561. The number of carbonyl (C=O) groups is 1. The van der Waals surface area contributed by atoms with Crippen LogP contribution in [0.3, 0.4) is 0 Å². The standard InChI is InChI=1S/C13H25F2N3O/c1-4-10-7-18(13(19)12(16)9(2)3)6-5-17(10)8-11(14)15/h9-12H,4-8,16H2,1-3H3/t10-,12-/m0/s1. The van der Waals surface area contributed by atoms with E-state index in [1.54, 1.807) is 9.80 Å². The number of nitrogens with two attached hydrogens (primary N) is 1. The Bertz CT molecular complexity index is 300. The van der Waals surface area contributed by atoms with Gasteiger partial charge in [-0.1, -0.05) is 20.8 Å². The highest BCUT2D eigenvalue weighted by Gasteiger charge is 2.32. The molecule has 2 atom stereocenters. The molecule has 1 fully saturated rings. The topological polar surface area (TPSA) is 49.6 Å². The van der Waals surface area contributed by atoms with Gasteiger partial charge in [-0.3, -0.25) is 9.69 Å². The molecule has 0 radical (unpaired) electrons. The number of carbonyl (C=O) groups excluding carboxylic acids is 1. The predicted molar refractivity (Wildman–Crippen MR) is 71.0 cm³/mol. The van der Waals surface area contributed by atoms with Gasteiger partial charge in [0.1, 0.15) is 0 Å². The van der Waals surface area contributed by atoms with Gasteiger partial charge in [0.2, 0.25) is 5.91 Å². The third-order valence-corrected chi connectivity index (χ3v) is 3.76. The second-order valence-electron chi connectivity index (χ2n) is 5.50. The van der Waals surface area contributed by atoms with E-state index in [1.165, 1.54) is 0 Å². The molecule has 0 aromatic carbocycles. The Morgan fingerprint density at radius 3 is 2.47 bits per heavy atom. The van der Waals surface area contributed by atoms with Crippen molar-refractivity contribution in [2.75, 3.05) is 26.2 Å². The zero-order chi connectivity index (χ0) is 14.6. The number of alkyl halides is 2. The van der Waals surface area contributed by atoms with Crippen LogP contribution in [0.2, 0.25) is 0 Å². The molecular weight excluding hydrogens is 252 g/mol. The summed E-state index contributed by atoms with van der Waals surface area (Å²) in [5.41, 5.74) is 5.87. The number of hydrogen-bond donors (Lipinski definition) is 1. The summed E-state index contributed by atoms with van der Waals surface area (Å²) in [6, 6.07) is -0.495. The fourth-order valence-corrected chi connectivity index (χ4v) is 2.39. The molecule has 0 aliphatic carbocycles. The SMILES string of the molecule is CC[C@H]1CN(C(=O)[C@@H](N)C(C)C)CCN1CC(F)F. The van der Waals surface area contributed by atoms with Crippen LogP contribution in [0.4, 0.5) is 8.78 Å². The lowest BCUT2D eigenvalue weighted by Gasteiger charge is -2.42. The zero-order valence-electron chi connectivity index (χ0n) is 12.0. The molecule has 0 aromatic rings. The molecule has 4 nitrogen and oxygen atoms in total. The van der Waals surface area contributed by atoms with Crippen LogP contribution in [0.15, 0.2) is 0 Å². The highest BCUT2D eigenvalue weighted by atomic mass is 19.3.